The zero-order valence-corrected chi connectivity index (χ0v) is 15.7. The summed E-state index contributed by atoms with van der Waals surface area (Å²) >= 11 is 1.20. The van der Waals surface area contributed by atoms with Crippen molar-refractivity contribution in [3.05, 3.63) is 69.2 Å². The van der Waals surface area contributed by atoms with Crippen LogP contribution < -0.4 is 5.56 Å². The summed E-state index contributed by atoms with van der Waals surface area (Å²) in [5.41, 5.74) is -0.673. The Bertz CT molecular complexity index is 1080. The van der Waals surface area contributed by atoms with Gasteiger partial charge in [-0.1, -0.05) is 18.7 Å². The molecule has 28 heavy (non-hydrogen) atoms. The van der Waals surface area contributed by atoms with Crippen LogP contribution in [0.5, 0.6) is 0 Å². The largest absolute Gasteiger partial charge is 0.322 e. The Morgan fingerprint density at radius 2 is 1.86 bits per heavy atom. The normalized spacial score (nSPS) is 11.2. The number of aryl methyl sites for hydroxylation is 1. The van der Waals surface area contributed by atoms with E-state index in [1.807, 2.05) is 6.92 Å². The Balaban J connectivity index is 2.03. The van der Waals surface area contributed by atoms with Crippen LogP contribution in [0.1, 0.15) is 23.9 Å². The topological polar surface area (TPSA) is 65.6 Å². The second kappa shape index (κ2) is 8.13. The molecule has 6 nitrogen and oxygen atoms in total. The summed E-state index contributed by atoms with van der Waals surface area (Å²) in [5, 5.41) is 4.34. The highest BCUT2D eigenvalue weighted by atomic mass is 32.2. The molecule has 2 heterocycles. The van der Waals surface area contributed by atoms with E-state index in [0.717, 1.165) is 0 Å². The number of rotatable bonds is 6. The fourth-order valence-electron chi connectivity index (χ4n) is 2.56. The summed E-state index contributed by atoms with van der Waals surface area (Å²) in [6.07, 6.45) is 2.97. The van der Waals surface area contributed by atoms with Crippen LogP contribution in [0.3, 0.4) is 0 Å². The summed E-state index contributed by atoms with van der Waals surface area (Å²) in [6.45, 7) is 1.49. The SMILES string of the molecule is CCSc1nc(=O)c(Cc2ncn(C)n2)cn1Cc1cc(F)c(F)c(F)c1F. The molecule has 0 saturated carbocycles. The number of benzene rings is 1. The van der Waals surface area contributed by atoms with Gasteiger partial charge in [-0.25, -0.2) is 22.5 Å². The van der Waals surface area contributed by atoms with Crippen LogP contribution in [0.2, 0.25) is 0 Å². The number of nitrogens with zero attached hydrogens (tertiary/aromatic N) is 5. The van der Waals surface area contributed by atoms with Crippen molar-refractivity contribution in [3.8, 4) is 0 Å². The number of thioether (sulfide) groups is 1. The van der Waals surface area contributed by atoms with E-state index in [0.29, 0.717) is 17.6 Å². The van der Waals surface area contributed by atoms with Crippen molar-refractivity contribution in [1.82, 2.24) is 24.3 Å². The first-order valence-electron chi connectivity index (χ1n) is 8.19. The molecule has 0 bridgehead atoms. The standard InChI is InChI=1S/C17H15F4N5OS/c1-3-28-17-23-16(27)10(5-12-22-8-25(2)24-12)7-26(17)6-9-4-11(18)14(20)15(21)13(9)19/h4,7-8H,3,5-6H2,1-2H3. The Morgan fingerprint density at radius 1 is 1.11 bits per heavy atom. The zero-order valence-electron chi connectivity index (χ0n) is 14.9. The second-order valence-corrected chi connectivity index (χ2v) is 7.12. The van der Waals surface area contributed by atoms with Crippen molar-refractivity contribution in [1.29, 1.82) is 0 Å². The first kappa shape index (κ1) is 20.1. The Morgan fingerprint density at radius 3 is 2.50 bits per heavy atom. The summed E-state index contributed by atoms with van der Waals surface area (Å²) in [5.74, 6) is -5.80. The lowest BCUT2D eigenvalue weighted by molar-refractivity contribution is 0.401. The number of aromatic nitrogens is 5. The first-order valence-corrected chi connectivity index (χ1v) is 9.18. The van der Waals surface area contributed by atoms with Crippen LogP contribution in [-0.4, -0.2) is 30.1 Å². The van der Waals surface area contributed by atoms with E-state index in [1.165, 1.54) is 33.5 Å². The van der Waals surface area contributed by atoms with Crippen molar-refractivity contribution >= 4 is 11.8 Å². The van der Waals surface area contributed by atoms with Gasteiger partial charge in [-0.3, -0.25) is 9.48 Å². The Kier molecular flexibility index (Phi) is 5.82. The summed E-state index contributed by atoms with van der Waals surface area (Å²) < 4.78 is 57.2. The molecule has 0 aliphatic carbocycles. The second-order valence-electron chi connectivity index (χ2n) is 5.89. The van der Waals surface area contributed by atoms with Crippen LogP contribution >= 0.6 is 11.8 Å². The van der Waals surface area contributed by atoms with Gasteiger partial charge in [0, 0.05) is 30.8 Å². The van der Waals surface area contributed by atoms with E-state index >= 15 is 0 Å². The first-order chi connectivity index (χ1) is 13.3. The number of hydrogen-bond donors (Lipinski definition) is 0. The van der Waals surface area contributed by atoms with Crippen LogP contribution in [-0.2, 0) is 20.0 Å². The van der Waals surface area contributed by atoms with Gasteiger partial charge >= 0.3 is 0 Å². The molecule has 0 unspecified atom stereocenters. The molecule has 1 aromatic carbocycles. The molecule has 3 rings (SSSR count). The highest BCUT2D eigenvalue weighted by Gasteiger charge is 2.20. The van der Waals surface area contributed by atoms with Gasteiger partial charge in [-0.15, -0.1) is 0 Å². The summed E-state index contributed by atoms with van der Waals surface area (Å²) in [6, 6.07) is 0.590. The van der Waals surface area contributed by atoms with Crippen molar-refractivity contribution in [2.45, 2.75) is 25.0 Å². The summed E-state index contributed by atoms with van der Waals surface area (Å²) in [7, 11) is 1.68. The predicted octanol–water partition coefficient (Wildman–Crippen LogP) is 2.68. The molecule has 0 saturated heterocycles. The fraction of sp³-hybridized carbons (Fsp3) is 0.294. The van der Waals surface area contributed by atoms with Crippen LogP contribution in [0.4, 0.5) is 17.6 Å². The molecule has 0 aliphatic heterocycles. The van der Waals surface area contributed by atoms with Gasteiger partial charge in [0.1, 0.15) is 6.33 Å². The lowest BCUT2D eigenvalue weighted by Crippen LogP contribution is -2.21. The summed E-state index contributed by atoms with van der Waals surface area (Å²) in [4.78, 5) is 20.3. The minimum Gasteiger partial charge on any atom is -0.322 e. The van der Waals surface area contributed by atoms with E-state index in [1.54, 1.807) is 7.05 Å². The molecule has 0 amide bonds. The van der Waals surface area contributed by atoms with Gasteiger partial charge in [-0.05, 0) is 11.8 Å². The average Bonchev–Trinajstić information content (AvgIpc) is 3.06. The van der Waals surface area contributed by atoms with Gasteiger partial charge < -0.3 is 4.57 Å². The highest BCUT2D eigenvalue weighted by molar-refractivity contribution is 7.99. The third-order valence-electron chi connectivity index (χ3n) is 3.82. The van der Waals surface area contributed by atoms with E-state index in [2.05, 4.69) is 15.1 Å². The molecule has 0 fully saturated rings. The minimum absolute atomic E-state index is 0.0817. The van der Waals surface area contributed by atoms with Gasteiger partial charge in [0.25, 0.3) is 5.56 Å². The fourth-order valence-corrected chi connectivity index (χ4v) is 3.24. The van der Waals surface area contributed by atoms with Crippen LogP contribution in [0.25, 0.3) is 0 Å². The third-order valence-corrected chi connectivity index (χ3v) is 4.69. The molecule has 148 valence electrons. The maximum Gasteiger partial charge on any atom is 0.277 e. The molecule has 11 heteroatoms. The van der Waals surface area contributed by atoms with Gasteiger partial charge in [0.2, 0.25) is 0 Å². The molecule has 0 spiro atoms. The Labute approximate surface area is 161 Å². The molecular formula is C17H15F4N5OS. The number of hydrogen-bond acceptors (Lipinski definition) is 5. The zero-order chi connectivity index (χ0) is 20.4. The van der Waals surface area contributed by atoms with Crippen molar-refractivity contribution < 1.29 is 17.6 Å². The van der Waals surface area contributed by atoms with E-state index in [4.69, 9.17) is 0 Å². The van der Waals surface area contributed by atoms with Gasteiger partial charge in [0.15, 0.2) is 34.2 Å². The molecule has 2 aromatic heterocycles. The highest BCUT2D eigenvalue weighted by Crippen LogP contribution is 2.22. The van der Waals surface area contributed by atoms with Crippen molar-refractivity contribution in [2.75, 3.05) is 5.75 Å². The lowest BCUT2D eigenvalue weighted by Gasteiger charge is -2.14. The minimum atomic E-state index is -1.88. The average molecular weight is 413 g/mol. The molecule has 3 aromatic rings. The maximum absolute atomic E-state index is 14.1. The predicted molar refractivity (Wildman–Crippen MR) is 94.1 cm³/mol. The lowest BCUT2D eigenvalue weighted by atomic mass is 10.1. The Hall–Kier alpha value is -2.69. The molecule has 0 atom stereocenters. The van der Waals surface area contributed by atoms with E-state index in [-0.39, 0.29) is 23.7 Å². The molecule has 0 N–H and O–H groups in total. The monoisotopic (exact) mass is 413 g/mol. The van der Waals surface area contributed by atoms with Crippen LogP contribution in [0, 0.1) is 23.3 Å². The van der Waals surface area contributed by atoms with Gasteiger partial charge in [0.05, 0.1) is 6.54 Å². The maximum atomic E-state index is 14.1. The van der Waals surface area contributed by atoms with E-state index in [9.17, 15) is 22.4 Å². The molecule has 0 aliphatic rings. The smallest absolute Gasteiger partial charge is 0.277 e. The van der Waals surface area contributed by atoms with Crippen molar-refractivity contribution in [3.63, 3.8) is 0 Å². The third kappa shape index (κ3) is 4.08. The van der Waals surface area contributed by atoms with Crippen LogP contribution in [0.15, 0.2) is 28.5 Å². The van der Waals surface area contributed by atoms with E-state index < -0.39 is 34.4 Å². The molecule has 0 radical (unpaired) electrons. The molecular weight excluding hydrogens is 398 g/mol. The van der Waals surface area contributed by atoms with Gasteiger partial charge in [-0.2, -0.15) is 10.1 Å². The quantitative estimate of drug-likeness (QED) is 0.204. The number of halogens is 4. The van der Waals surface area contributed by atoms with Crippen molar-refractivity contribution in [2.24, 2.45) is 7.05 Å².